The summed E-state index contributed by atoms with van der Waals surface area (Å²) in [5.74, 6) is -0.176. The number of rotatable bonds is 8. The smallest absolute Gasteiger partial charge is 0.307 e. The predicted molar refractivity (Wildman–Crippen MR) is 132 cm³/mol. The first-order valence-corrected chi connectivity index (χ1v) is 13.2. The van der Waals surface area contributed by atoms with Gasteiger partial charge >= 0.3 is 5.97 Å². The molecule has 152 valence electrons. The third-order valence-corrected chi connectivity index (χ3v) is 5.38. The fraction of sp³-hybridized carbons (Fsp3) is 0.208. The van der Waals surface area contributed by atoms with Crippen LogP contribution in [0.2, 0.25) is 0 Å². The number of benzene rings is 3. The van der Waals surface area contributed by atoms with E-state index in [1.165, 1.54) is 16.7 Å². The molecule has 0 spiro atoms. The minimum atomic E-state index is -0.241. The number of carbonyl (C=O) groups is 1. The molecule has 0 aliphatic heterocycles. The van der Waals surface area contributed by atoms with Crippen molar-refractivity contribution in [1.29, 1.82) is 0 Å². The van der Waals surface area contributed by atoms with E-state index in [0.717, 1.165) is 19.3 Å². The molecule has 0 saturated heterocycles. The summed E-state index contributed by atoms with van der Waals surface area (Å²) < 4.78 is 4.71. The van der Waals surface area contributed by atoms with Crippen molar-refractivity contribution >= 4 is 38.9 Å². The van der Waals surface area contributed by atoms with Crippen molar-refractivity contribution in [1.82, 2.24) is 0 Å². The van der Waals surface area contributed by atoms with Gasteiger partial charge < -0.3 is 4.52 Å². The number of hydrogen-bond donors (Lipinski definition) is 0. The molecule has 0 fully saturated rings. The Morgan fingerprint density at radius 1 is 0.724 bits per heavy atom. The van der Waals surface area contributed by atoms with Gasteiger partial charge in [0.15, 0.2) is 0 Å². The summed E-state index contributed by atoms with van der Waals surface area (Å²) in [4.78, 5) is 11.5. The van der Waals surface area contributed by atoms with Gasteiger partial charge in [-0.25, -0.2) is 0 Å². The van der Waals surface area contributed by atoms with Crippen LogP contribution in [0.25, 0.3) is 0 Å². The Bertz CT molecular complexity index is 746. The van der Waals surface area contributed by atoms with E-state index in [1.807, 2.05) is 9.47 Å². The Hall–Kier alpha value is -1.53. The van der Waals surface area contributed by atoms with Crippen LogP contribution in [0.5, 0.6) is 0 Å². The van der Waals surface area contributed by atoms with Gasteiger partial charge in [-0.05, 0) is 29.5 Å². The zero-order valence-electron chi connectivity index (χ0n) is 16.3. The Morgan fingerprint density at radius 2 is 1.10 bits per heavy atom. The van der Waals surface area contributed by atoms with Gasteiger partial charge in [-0.3, -0.25) is 4.79 Å². The van der Waals surface area contributed by atoms with Crippen molar-refractivity contribution in [2.45, 2.75) is 31.1 Å². The molecule has 2 unspecified atom stereocenters. The lowest BCUT2D eigenvalue weighted by molar-refractivity contribution is -0.133. The van der Waals surface area contributed by atoms with Crippen LogP contribution >= 0.6 is 32.9 Å². The molecule has 0 saturated carbocycles. The quantitative estimate of drug-likeness (QED) is 0.192. The highest BCUT2D eigenvalue weighted by Crippen LogP contribution is 2.43. The highest BCUT2D eigenvalue weighted by Gasteiger charge is 2.35. The van der Waals surface area contributed by atoms with Gasteiger partial charge in [-0.2, -0.15) is 0 Å². The molecule has 0 aliphatic carbocycles. The number of hydrogen-bond acceptors (Lipinski definition) is 2. The van der Waals surface area contributed by atoms with E-state index >= 15 is 0 Å². The summed E-state index contributed by atoms with van der Waals surface area (Å²) in [6.07, 6.45) is 3.10. The van der Waals surface area contributed by atoms with Crippen molar-refractivity contribution in [3.8, 4) is 0 Å². The average molecular weight is 489 g/mol. The lowest BCUT2D eigenvalue weighted by atomic mass is 9.66. The molecule has 2 nitrogen and oxygen atoms in total. The highest BCUT2D eigenvalue weighted by atomic mass is 79.9. The third kappa shape index (κ3) is 6.22. The molecule has 0 amide bonds. The molecule has 0 aromatic heterocycles. The highest BCUT2D eigenvalue weighted by molar-refractivity contribution is 9.34. The van der Waals surface area contributed by atoms with E-state index in [0.29, 0.717) is 6.42 Å². The van der Waals surface area contributed by atoms with Crippen LogP contribution in [-0.2, 0) is 14.7 Å². The number of unbranched alkanes of at least 4 members (excludes halogenated alkanes) is 1. The van der Waals surface area contributed by atoms with Crippen molar-refractivity contribution in [2.24, 2.45) is 0 Å². The molecule has 0 bridgehead atoms. The average Bonchev–Trinajstić information content (AvgIpc) is 2.82. The summed E-state index contributed by atoms with van der Waals surface area (Å²) >= 11 is 2.85. The van der Waals surface area contributed by atoms with Crippen molar-refractivity contribution in [2.75, 3.05) is 0 Å². The van der Waals surface area contributed by atoms with Crippen molar-refractivity contribution in [3.63, 3.8) is 0 Å². The summed E-state index contributed by atoms with van der Waals surface area (Å²) in [6.45, 7) is 0. The van der Waals surface area contributed by atoms with Crippen LogP contribution in [0, 0.1) is 0 Å². The largest absolute Gasteiger partial charge is 0.452 e. The van der Waals surface area contributed by atoms with Gasteiger partial charge in [0.05, 0.1) is 9.47 Å². The Balaban J connectivity index is 0.00000145. The third-order valence-electron chi connectivity index (χ3n) is 5.11. The maximum absolute atomic E-state index is 11.5. The molecule has 0 N–H and O–H groups in total. The number of carbonyl (C=O) groups excluding carboxylic acids is 1. The lowest BCUT2D eigenvalue weighted by Crippen LogP contribution is -2.29. The summed E-state index contributed by atoms with van der Waals surface area (Å²) in [5, 5.41) is 0. The van der Waals surface area contributed by atoms with E-state index < -0.39 is 0 Å². The summed E-state index contributed by atoms with van der Waals surface area (Å²) in [7, 11) is 4.26. The van der Waals surface area contributed by atoms with Gasteiger partial charge in [0, 0.05) is 11.8 Å². The van der Waals surface area contributed by atoms with E-state index in [2.05, 4.69) is 114 Å². The maximum atomic E-state index is 11.5. The first kappa shape index (κ1) is 23.7. The maximum Gasteiger partial charge on any atom is 0.307 e. The Labute approximate surface area is 186 Å². The Morgan fingerprint density at radius 3 is 1.45 bits per heavy atom. The minimum Gasteiger partial charge on any atom is -0.452 e. The van der Waals surface area contributed by atoms with Gasteiger partial charge in [-0.1, -0.05) is 121 Å². The van der Waals surface area contributed by atoms with Crippen LogP contribution in [0.15, 0.2) is 91.0 Å². The van der Waals surface area contributed by atoms with Gasteiger partial charge in [0.25, 0.3) is 0 Å². The van der Waals surface area contributed by atoms with E-state index in [4.69, 9.17) is 4.52 Å². The van der Waals surface area contributed by atoms with E-state index in [1.54, 1.807) is 0 Å². The normalized spacial score (nSPS) is 10.6. The van der Waals surface area contributed by atoms with Crippen LogP contribution in [0.1, 0.15) is 42.4 Å². The summed E-state index contributed by atoms with van der Waals surface area (Å²) in [5.41, 5.74) is 3.58. The van der Waals surface area contributed by atoms with Crippen LogP contribution in [0.3, 0.4) is 0 Å². The van der Waals surface area contributed by atoms with Crippen LogP contribution < -0.4 is 0 Å². The zero-order valence-corrected chi connectivity index (χ0v) is 20.2. The fourth-order valence-corrected chi connectivity index (χ4v) is 3.94. The topological polar surface area (TPSA) is 26.3 Å². The Kier molecular flexibility index (Phi) is 10.6. The minimum absolute atomic E-state index is 0.176. The molecule has 5 heteroatoms. The molecular weight excluding hydrogens is 462 g/mol. The van der Waals surface area contributed by atoms with Crippen molar-refractivity contribution in [3.05, 3.63) is 108 Å². The monoisotopic (exact) mass is 488 g/mol. The molecule has 3 aromatic rings. The van der Waals surface area contributed by atoms with E-state index in [9.17, 15) is 4.79 Å². The molecule has 3 aromatic carbocycles. The lowest BCUT2D eigenvalue weighted by Gasteiger charge is -2.36. The second-order valence-electron chi connectivity index (χ2n) is 6.70. The summed E-state index contributed by atoms with van der Waals surface area (Å²) in [6, 6.07) is 32.0. The first-order chi connectivity index (χ1) is 14.3. The zero-order chi connectivity index (χ0) is 21.0. The van der Waals surface area contributed by atoms with Gasteiger partial charge in [0.1, 0.15) is 0 Å². The van der Waals surface area contributed by atoms with Crippen LogP contribution in [0.4, 0.5) is 0 Å². The fourth-order valence-electron chi connectivity index (χ4n) is 3.82. The molecule has 29 heavy (non-hydrogen) atoms. The molecule has 0 radical (unpaired) electrons. The predicted octanol–water partition coefficient (Wildman–Crippen LogP) is 7.09. The van der Waals surface area contributed by atoms with E-state index in [-0.39, 0.29) is 11.4 Å². The van der Waals surface area contributed by atoms with Gasteiger partial charge in [-0.15, -0.1) is 0 Å². The van der Waals surface area contributed by atoms with Crippen LogP contribution in [-0.4, -0.2) is 5.97 Å². The van der Waals surface area contributed by atoms with Gasteiger partial charge in [0.2, 0.25) is 0 Å². The standard InChI is InChI=1S/C24H25O2P.BrH2P/c25-23(26-27)18-10-11-19-24(20-12-4-1-5-13-20,21-14-6-2-7-15-21)22-16-8-3-9-17-22;1-2/h1-9,12-17H,10-11,18-19,27H2;2H2. The number of halogens is 1. The molecule has 2 atom stereocenters. The molecule has 0 aliphatic rings. The second kappa shape index (κ2) is 12.9. The first-order valence-electron chi connectivity index (χ1n) is 9.55. The SMILES string of the molecule is O=C(CCCCC(c1ccccc1)(c1ccccc1)c1ccccc1)OP.PBr. The molecule has 0 heterocycles. The second-order valence-corrected chi connectivity index (χ2v) is 6.94. The molecular formula is C24H27BrO2P2. The van der Waals surface area contributed by atoms with Crippen molar-refractivity contribution < 1.29 is 9.32 Å². The molecule has 3 rings (SSSR count).